The molecule has 1 aromatic heterocycles. The van der Waals surface area contributed by atoms with Gasteiger partial charge in [0, 0.05) is 37.9 Å². The molecule has 1 spiro atoms. The summed E-state index contributed by atoms with van der Waals surface area (Å²) in [6.45, 7) is 4.09. The molecule has 148 valence electrons. The molecule has 0 unspecified atom stereocenters. The minimum absolute atomic E-state index is 0.0977. The first kappa shape index (κ1) is 18.9. The van der Waals surface area contributed by atoms with Crippen molar-refractivity contribution in [2.45, 2.75) is 31.1 Å². The molecule has 2 aromatic rings. The molecule has 2 saturated heterocycles. The van der Waals surface area contributed by atoms with Crippen LogP contribution in [0.15, 0.2) is 30.5 Å². The van der Waals surface area contributed by atoms with Crippen LogP contribution in [0.25, 0.3) is 10.9 Å². The highest BCUT2D eigenvalue weighted by Gasteiger charge is 2.43. The zero-order valence-corrected chi connectivity index (χ0v) is 16.4. The summed E-state index contributed by atoms with van der Waals surface area (Å²) in [5.74, 6) is 0. The third-order valence-corrected chi connectivity index (χ3v) is 6.06. The highest BCUT2D eigenvalue weighted by molar-refractivity contribution is 7.88. The molecule has 2 atom stereocenters. The second kappa shape index (κ2) is 7.52. The van der Waals surface area contributed by atoms with Crippen LogP contribution in [0.4, 0.5) is 0 Å². The van der Waals surface area contributed by atoms with Crippen molar-refractivity contribution in [1.29, 1.82) is 0 Å². The lowest BCUT2D eigenvalue weighted by molar-refractivity contribution is -0.0843. The Morgan fingerprint density at radius 1 is 1.37 bits per heavy atom. The number of sulfonamides is 1. The Morgan fingerprint density at radius 3 is 3.11 bits per heavy atom. The molecule has 3 heterocycles. The summed E-state index contributed by atoms with van der Waals surface area (Å²) in [6.07, 6.45) is 4.76. The molecular weight excluding hydrogens is 366 g/mol. The van der Waals surface area contributed by atoms with Gasteiger partial charge in [-0.1, -0.05) is 6.07 Å². The number of aromatic amines is 1. The predicted octanol–water partition coefficient (Wildman–Crippen LogP) is 1.47. The lowest BCUT2D eigenvalue weighted by Crippen LogP contribution is -2.45. The standard InChI is InChI=1S/C19H27N3O4S/c1-27(23,24)21-11-17-4-6-19(26-17)13-22(8-9-25-14-19)12-15-2-3-18-16(10-15)5-7-20-18/h2-3,5,7,10,17,20-21H,4,6,8-9,11-14H2,1H3/t17-,19-/m1/s1. The molecule has 4 rings (SSSR count). The maximum atomic E-state index is 11.3. The Kier molecular flexibility index (Phi) is 5.26. The second-order valence-electron chi connectivity index (χ2n) is 7.74. The molecule has 0 amide bonds. The third-order valence-electron chi connectivity index (χ3n) is 5.36. The second-order valence-corrected chi connectivity index (χ2v) is 9.58. The highest BCUT2D eigenvalue weighted by atomic mass is 32.2. The van der Waals surface area contributed by atoms with Crippen molar-refractivity contribution in [1.82, 2.24) is 14.6 Å². The minimum atomic E-state index is -3.20. The summed E-state index contributed by atoms with van der Waals surface area (Å²) >= 11 is 0. The molecular formula is C19H27N3O4S. The van der Waals surface area contributed by atoms with E-state index in [4.69, 9.17) is 9.47 Å². The fourth-order valence-corrected chi connectivity index (χ4v) is 4.57. The van der Waals surface area contributed by atoms with E-state index in [0.717, 1.165) is 38.0 Å². The Morgan fingerprint density at radius 2 is 2.26 bits per heavy atom. The Bertz CT molecular complexity index is 897. The summed E-state index contributed by atoms with van der Waals surface area (Å²) < 4.78 is 37.4. The molecule has 0 radical (unpaired) electrons. The van der Waals surface area contributed by atoms with E-state index in [1.54, 1.807) is 0 Å². The zero-order chi connectivity index (χ0) is 18.9. The lowest BCUT2D eigenvalue weighted by atomic mass is 9.99. The van der Waals surface area contributed by atoms with Gasteiger partial charge in [0.2, 0.25) is 10.0 Å². The van der Waals surface area contributed by atoms with Crippen molar-refractivity contribution in [2.75, 3.05) is 39.1 Å². The Balaban J connectivity index is 1.41. The predicted molar refractivity (Wildman–Crippen MR) is 104 cm³/mol. The number of hydrogen-bond acceptors (Lipinski definition) is 5. The number of benzene rings is 1. The van der Waals surface area contributed by atoms with Crippen molar-refractivity contribution in [3.63, 3.8) is 0 Å². The number of rotatable bonds is 5. The normalized spacial score (nSPS) is 27.4. The Hall–Kier alpha value is -1.45. The van der Waals surface area contributed by atoms with Crippen LogP contribution in [0.5, 0.6) is 0 Å². The Labute approximate surface area is 160 Å². The molecule has 27 heavy (non-hydrogen) atoms. The maximum absolute atomic E-state index is 11.3. The number of hydrogen-bond donors (Lipinski definition) is 2. The summed E-state index contributed by atoms with van der Waals surface area (Å²) in [7, 11) is -3.20. The van der Waals surface area contributed by atoms with Crippen LogP contribution in [0.3, 0.4) is 0 Å². The van der Waals surface area contributed by atoms with Gasteiger partial charge in [-0.3, -0.25) is 4.90 Å². The fourth-order valence-electron chi connectivity index (χ4n) is 4.08. The van der Waals surface area contributed by atoms with Gasteiger partial charge in [-0.2, -0.15) is 0 Å². The van der Waals surface area contributed by atoms with Gasteiger partial charge in [0.25, 0.3) is 0 Å². The van der Waals surface area contributed by atoms with Gasteiger partial charge in [0.15, 0.2) is 0 Å². The molecule has 1 aromatic carbocycles. The summed E-state index contributed by atoms with van der Waals surface area (Å²) in [4.78, 5) is 5.61. The van der Waals surface area contributed by atoms with Crippen LogP contribution in [0.1, 0.15) is 18.4 Å². The SMILES string of the molecule is CS(=O)(=O)NC[C@H]1CC[C@@]2(COCCN(Cc3ccc4[nH]ccc4c3)C2)O1. The minimum Gasteiger partial charge on any atom is -0.377 e. The van der Waals surface area contributed by atoms with Crippen molar-refractivity contribution in [2.24, 2.45) is 0 Å². The van der Waals surface area contributed by atoms with Crippen LogP contribution < -0.4 is 4.72 Å². The highest BCUT2D eigenvalue weighted by Crippen LogP contribution is 2.33. The topological polar surface area (TPSA) is 83.7 Å². The van der Waals surface area contributed by atoms with Gasteiger partial charge in [0.1, 0.15) is 5.60 Å². The number of fused-ring (bicyclic) bond motifs is 1. The number of H-pyrrole nitrogens is 1. The molecule has 2 fully saturated rings. The summed E-state index contributed by atoms with van der Waals surface area (Å²) in [6, 6.07) is 8.59. The summed E-state index contributed by atoms with van der Waals surface area (Å²) in [5.41, 5.74) is 2.07. The van der Waals surface area contributed by atoms with E-state index in [1.807, 2.05) is 6.20 Å². The lowest BCUT2D eigenvalue weighted by Gasteiger charge is -2.32. The maximum Gasteiger partial charge on any atom is 0.208 e. The molecule has 2 N–H and O–H groups in total. The van der Waals surface area contributed by atoms with Crippen molar-refractivity contribution >= 4 is 20.9 Å². The first-order valence-electron chi connectivity index (χ1n) is 9.39. The van der Waals surface area contributed by atoms with Gasteiger partial charge < -0.3 is 14.5 Å². The quantitative estimate of drug-likeness (QED) is 0.804. The van der Waals surface area contributed by atoms with E-state index < -0.39 is 10.0 Å². The first-order chi connectivity index (χ1) is 12.9. The molecule has 7 nitrogen and oxygen atoms in total. The van der Waals surface area contributed by atoms with Crippen LogP contribution in [-0.4, -0.2) is 69.1 Å². The number of aromatic nitrogens is 1. The molecule has 0 saturated carbocycles. The van der Waals surface area contributed by atoms with Gasteiger partial charge in [-0.15, -0.1) is 0 Å². The van der Waals surface area contributed by atoms with Gasteiger partial charge >= 0.3 is 0 Å². The van der Waals surface area contributed by atoms with E-state index in [0.29, 0.717) is 19.8 Å². The van der Waals surface area contributed by atoms with Gasteiger partial charge in [-0.25, -0.2) is 13.1 Å². The largest absolute Gasteiger partial charge is 0.377 e. The van der Waals surface area contributed by atoms with Crippen LogP contribution >= 0.6 is 0 Å². The molecule has 2 aliphatic rings. The zero-order valence-electron chi connectivity index (χ0n) is 15.6. The monoisotopic (exact) mass is 393 g/mol. The molecule has 8 heteroatoms. The van der Waals surface area contributed by atoms with E-state index in [2.05, 4.69) is 38.9 Å². The van der Waals surface area contributed by atoms with Crippen molar-refractivity contribution in [3.05, 3.63) is 36.0 Å². The molecule has 0 bridgehead atoms. The fraction of sp³-hybridized carbons (Fsp3) is 0.579. The molecule has 0 aliphatic carbocycles. The molecule has 2 aliphatic heterocycles. The van der Waals surface area contributed by atoms with E-state index in [-0.39, 0.29) is 11.7 Å². The van der Waals surface area contributed by atoms with Gasteiger partial charge in [0.05, 0.1) is 25.6 Å². The van der Waals surface area contributed by atoms with Crippen LogP contribution in [0.2, 0.25) is 0 Å². The van der Waals surface area contributed by atoms with Crippen molar-refractivity contribution in [3.8, 4) is 0 Å². The first-order valence-corrected chi connectivity index (χ1v) is 11.3. The number of nitrogens with one attached hydrogen (secondary N) is 2. The van der Waals surface area contributed by atoms with Gasteiger partial charge in [-0.05, 0) is 42.0 Å². The van der Waals surface area contributed by atoms with E-state index >= 15 is 0 Å². The van der Waals surface area contributed by atoms with E-state index in [9.17, 15) is 8.42 Å². The van der Waals surface area contributed by atoms with Crippen LogP contribution in [0, 0.1) is 0 Å². The number of nitrogens with zero attached hydrogens (tertiary/aromatic N) is 1. The number of ether oxygens (including phenoxy) is 2. The average Bonchev–Trinajstić information content (AvgIpc) is 3.17. The van der Waals surface area contributed by atoms with E-state index in [1.165, 1.54) is 17.2 Å². The average molecular weight is 394 g/mol. The third kappa shape index (κ3) is 4.70. The van der Waals surface area contributed by atoms with Crippen molar-refractivity contribution < 1.29 is 17.9 Å². The smallest absolute Gasteiger partial charge is 0.208 e. The summed E-state index contributed by atoms with van der Waals surface area (Å²) in [5, 5.41) is 1.22. The van der Waals surface area contributed by atoms with Crippen LogP contribution in [-0.2, 0) is 26.0 Å².